The van der Waals surface area contributed by atoms with Gasteiger partial charge in [-0.1, -0.05) is 0 Å². The van der Waals surface area contributed by atoms with Gasteiger partial charge in [0, 0.05) is 6.04 Å². The van der Waals surface area contributed by atoms with E-state index in [1.165, 1.54) is 0 Å². The number of aryl methyl sites for hydroxylation is 1. The van der Waals surface area contributed by atoms with E-state index in [0.717, 1.165) is 5.76 Å². The van der Waals surface area contributed by atoms with Crippen LogP contribution in [0.4, 0.5) is 0 Å². The van der Waals surface area contributed by atoms with Crippen LogP contribution >= 0.6 is 0 Å². The molecule has 0 spiro atoms. The van der Waals surface area contributed by atoms with Gasteiger partial charge in [-0.15, -0.1) is 0 Å². The summed E-state index contributed by atoms with van der Waals surface area (Å²) in [7, 11) is 0. The maximum Gasteiger partial charge on any atom is 0.208 e. The average molecular weight is 198 g/mol. The van der Waals surface area contributed by atoms with Crippen molar-refractivity contribution in [3.63, 3.8) is 0 Å². The van der Waals surface area contributed by atoms with Crippen LogP contribution in [0.15, 0.2) is 10.6 Å². The number of oxazole rings is 1. The van der Waals surface area contributed by atoms with Crippen molar-refractivity contribution in [1.82, 2.24) is 10.3 Å². The minimum absolute atomic E-state index is 0.00490. The highest BCUT2D eigenvalue weighted by molar-refractivity contribution is 4.91. The van der Waals surface area contributed by atoms with Crippen molar-refractivity contribution >= 4 is 0 Å². The third-order valence-corrected chi connectivity index (χ3v) is 2.29. The normalized spacial score (nSPS) is 14.4. The van der Waals surface area contributed by atoms with E-state index < -0.39 is 5.60 Å². The van der Waals surface area contributed by atoms with Crippen molar-refractivity contribution in [3.8, 4) is 0 Å². The smallest absolute Gasteiger partial charge is 0.208 e. The summed E-state index contributed by atoms with van der Waals surface area (Å²) in [5, 5.41) is 12.8. The van der Waals surface area contributed by atoms with Crippen LogP contribution in [0.5, 0.6) is 0 Å². The first-order chi connectivity index (χ1) is 6.39. The van der Waals surface area contributed by atoms with E-state index in [0.29, 0.717) is 12.4 Å². The van der Waals surface area contributed by atoms with Gasteiger partial charge < -0.3 is 14.8 Å². The summed E-state index contributed by atoms with van der Waals surface area (Å²) in [6, 6.07) is -0.00490. The van der Waals surface area contributed by atoms with Gasteiger partial charge in [-0.05, 0) is 27.7 Å². The van der Waals surface area contributed by atoms with E-state index in [-0.39, 0.29) is 6.04 Å². The molecule has 0 saturated carbocycles. The van der Waals surface area contributed by atoms with Crippen molar-refractivity contribution in [3.05, 3.63) is 17.8 Å². The van der Waals surface area contributed by atoms with Gasteiger partial charge in [0.05, 0.1) is 18.3 Å². The number of aromatic nitrogens is 1. The minimum atomic E-state index is -0.734. The second-order valence-corrected chi connectivity index (χ2v) is 4.12. The summed E-state index contributed by atoms with van der Waals surface area (Å²) in [5.41, 5.74) is -0.734. The van der Waals surface area contributed by atoms with E-state index in [4.69, 9.17) is 4.42 Å². The minimum Gasteiger partial charge on any atom is -0.445 e. The summed E-state index contributed by atoms with van der Waals surface area (Å²) in [6.07, 6.45) is 1.69. The Morgan fingerprint density at radius 3 is 2.71 bits per heavy atom. The highest BCUT2D eigenvalue weighted by Gasteiger charge is 2.21. The maximum absolute atomic E-state index is 9.66. The molecular weight excluding hydrogens is 180 g/mol. The molecule has 0 aliphatic rings. The Balaban J connectivity index is 2.41. The first kappa shape index (κ1) is 11.2. The molecule has 4 heteroatoms. The fourth-order valence-corrected chi connectivity index (χ4v) is 0.973. The third-order valence-electron chi connectivity index (χ3n) is 2.29. The molecule has 0 aromatic carbocycles. The highest BCUT2D eigenvalue weighted by atomic mass is 16.4. The molecule has 1 aromatic heterocycles. The SMILES string of the molecule is Cc1cnc(CNC(C)C(C)(C)O)o1. The van der Waals surface area contributed by atoms with Crippen LogP contribution < -0.4 is 5.32 Å². The van der Waals surface area contributed by atoms with E-state index in [9.17, 15) is 5.11 Å². The van der Waals surface area contributed by atoms with Gasteiger partial charge in [0.1, 0.15) is 5.76 Å². The van der Waals surface area contributed by atoms with Crippen molar-refractivity contribution < 1.29 is 9.52 Å². The van der Waals surface area contributed by atoms with Gasteiger partial charge in [0.2, 0.25) is 5.89 Å². The summed E-state index contributed by atoms with van der Waals surface area (Å²) in [6.45, 7) is 7.86. The zero-order valence-corrected chi connectivity index (χ0v) is 9.16. The van der Waals surface area contributed by atoms with Crippen LogP contribution in [-0.4, -0.2) is 21.7 Å². The Hall–Kier alpha value is -0.870. The monoisotopic (exact) mass is 198 g/mol. The van der Waals surface area contributed by atoms with Crippen molar-refractivity contribution in [1.29, 1.82) is 0 Å². The standard InChI is InChI=1S/C10H18N2O2/c1-7-5-12-9(14-7)6-11-8(2)10(3,4)13/h5,8,11,13H,6H2,1-4H3. The molecule has 0 aliphatic heterocycles. The van der Waals surface area contributed by atoms with Gasteiger partial charge in [-0.3, -0.25) is 0 Å². The lowest BCUT2D eigenvalue weighted by Gasteiger charge is -2.26. The number of rotatable bonds is 4. The molecule has 80 valence electrons. The molecule has 1 unspecified atom stereocenters. The first-order valence-corrected chi connectivity index (χ1v) is 4.76. The average Bonchev–Trinajstić information content (AvgIpc) is 2.45. The fourth-order valence-electron chi connectivity index (χ4n) is 0.973. The second kappa shape index (κ2) is 4.11. The van der Waals surface area contributed by atoms with Crippen LogP contribution in [0.1, 0.15) is 32.4 Å². The molecule has 0 amide bonds. The largest absolute Gasteiger partial charge is 0.445 e. The molecule has 0 saturated heterocycles. The van der Waals surface area contributed by atoms with Crippen LogP contribution in [-0.2, 0) is 6.54 Å². The molecule has 0 bridgehead atoms. The van der Waals surface area contributed by atoms with Gasteiger partial charge >= 0.3 is 0 Å². The second-order valence-electron chi connectivity index (χ2n) is 4.12. The fraction of sp³-hybridized carbons (Fsp3) is 0.700. The molecule has 1 heterocycles. The predicted molar refractivity (Wildman–Crippen MR) is 53.8 cm³/mol. The molecule has 1 atom stereocenters. The number of hydrogen-bond donors (Lipinski definition) is 2. The van der Waals surface area contributed by atoms with Crippen LogP contribution in [0.25, 0.3) is 0 Å². The van der Waals surface area contributed by atoms with Crippen LogP contribution in [0.2, 0.25) is 0 Å². The Morgan fingerprint density at radius 1 is 1.64 bits per heavy atom. The van der Waals surface area contributed by atoms with E-state index in [2.05, 4.69) is 10.3 Å². The summed E-state index contributed by atoms with van der Waals surface area (Å²) < 4.78 is 5.29. The topological polar surface area (TPSA) is 58.3 Å². The highest BCUT2D eigenvalue weighted by Crippen LogP contribution is 2.08. The Labute approximate surface area is 84.3 Å². The lowest BCUT2D eigenvalue weighted by atomic mass is 10.0. The third kappa shape index (κ3) is 3.12. The lowest BCUT2D eigenvalue weighted by Crippen LogP contribution is -2.44. The summed E-state index contributed by atoms with van der Waals surface area (Å²) >= 11 is 0. The molecule has 4 nitrogen and oxygen atoms in total. The van der Waals surface area contributed by atoms with Gasteiger partial charge in [-0.25, -0.2) is 4.98 Å². The van der Waals surface area contributed by atoms with Gasteiger partial charge in [0.25, 0.3) is 0 Å². The summed E-state index contributed by atoms with van der Waals surface area (Å²) in [5.74, 6) is 1.45. The number of hydrogen-bond acceptors (Lipinski definition) is 4. The maximum atomic E-state index is 9.66. The molecule has 2 N–H and O–H groups in total. The molecule has 1 rings (SSSR count). The van der Waals surface area contributed by atoms with Crippen molar-refractivity contribution in [2.24, 2.45) is 0 Å². The van der Waals surface area contributed by atoms with Crippen molar-refractivity contribution in [2.45, 2.75) is 45.9 Å². The van der Waals surface area contributed by atoms with E-state index >= 15 is 0 Å². The molecule has 0 radical (unpaired) electrons. The first-order valence-electron chi connectivity index (χ1n) is 4.76. The number of aliphatic hydroxyl groups is 1. The zero-order valence-electron chi connectivity index (χ0n) is 9.16. The Morgan fingerprint density at radius 2 is 2.29 bits per heavy atom. The zero-order chi connectivity index (χ0) is 10.8. The van der Waals surface area contributed by atoms with Gasteiger partial charge in [-0.2, -0.15) is 0 Å². The predicted octanol–water partition coefficient (Wildman–Crippen LogP) is 1.23. The molecule has 14 heavy (non-hydrogen) atoms. The quantitative estimate of drug-likeness (QED) is 0.764. The number of nitrogens with zero attached hydrogens (tertiary/aromatic N) is 1. The molecule has 1 aromatic rings. The molecular formula is C10H18N2O2. The molecule has 0 aliphatic carbocycles. The Kier molecular flexibility index (Phi) is 3.29. The van der Waals surface area contributed by atoms with Crippen LogP contribution in [0, 0.1) is 6.92 Å². The van der Waals surface area contributed by atoms with E-state index in [1.54, 1.807) is 20.0 Å². The van der Waals surface area contributed by atoms with Gasteiger partial charge in [0.15, 0.2) is 0 Å². The summed E-state index contributed by atoms with van der Waals surface area (Å²) in [4.78, 5) is 4.06. The van der Waals surface area contributed by atoms with E-state index in [1.807, 2.05) is 13.8 Å². The Bertz CT molecular complexity index is 289. The lowest BCUT2D eigenvalue weighted by molar-refractivity contribution is 0.0429. The van der Waals surface area contributed by atoms with Crippen molar-refractivity contribution in [2.75, 3.05) is 0 Å². The number of nitrogens with one attached hydrogen (secondary N) is 1. The van der Waals surface area contributed by atoms with Crippen LogP contribution in [0.3, 0.4) is 0 Å². The molecule has 0 fully saturated rings.